The number of hydrogen-bond acceptors (Lipinski definition) is 13. The molecule has 554 valence electrons. The van der Waals surface area contributed by atoms with Crippen LogP contribution in [0.2, 0.25) is 0 Å². The van der Waals surface area contributed by atoms with Gasteiger partial charge < -0.3 is 65.1 Å². The minimum atomic E-state index is -1.79. The molecule has 1 amide bonds. The molecule has 0 aromatic carbocycles. The molecule has 0 aromatic heterocycles. The van der Waals surface area contributed by atoms with E-state index in [9.17, 15) is 45.6 Å². The topological polar surface area (TPSA) is 228 Å². The monoisotopic (exact) mass is 1350 g/mol. The first kappa shape index (κ1) is 88.7. The van der Waals surface area contributed by atoms with Crippen LogP contribution >= 0.6 is 0 Å². The molecule has 12 atom stereocenters. The van der Waals surface area contributed by atoms with Crippen LogP contribution in [0, 0.1) is 0 Å². The second-order valence-corrected chi connectivity index (χ2v) is 27.1. The van der Waals surface area contributed by atoms with E-state index in [1.54, 1.807) is 0 Å². The molecule has 0 bridgehead atoms. The number of ether oxygens (including phenoxy) is 4. The molecule has 2 aliphatic heterocycles. The van der Waals surface area contributed by atoms with E-state index in [1.807, 2.05) is 0 Å². The van der Waals surface area contributed by atoms with Crippen molar-refractivity contribution < 1.29 is 64.6 Å². The van der Waals surface area contributed by atoms with Crippen molar-refractivity contribution in [1.29, 1.82) is 0 Å². The summed E-state index contributed by atoms with van der Waals surface area (Å²) >= 11 is 0. The zero-order chi connectivity index (χ0) is 69.4. The van der Waals surface area contributed by atoms with Gasteiger partial charge >= 0.3 is 0 Å². The van der Waals surface area contributed by atoms with Crippen molar-refractivity contribution in [2.45, 2.75) is 383 Å². The fourth-order valence-corrected chi connectivity index (χ4v) is 12.4. The summed E-state index contributed by atoms with van der Waals surface area (Å²) in [6, 6.07) is -0.858. The third kappa shape index (κ3) is 47.7. The first-order valence-electron chi connectivity index (χ1n) is 39.1. The van der Waals surface area contributed by atoms with Gasteiger partial charge in [0.05, 0.1) is 32.0 Å². The highest BCUT2D eigenvalue weighted by Gasteiger charge is 2.51. The molecule has 9 N–H and O–H groups in total. The Balaban J connectivity index is 1.66. The van der Waals surface area contributed by atoms with Crippen molar-refractivity contribution in [3.8, 4) is 0 Å². The molecule has 96 heavy (non-hydrogen) atoms. The Bertz CT molecular complexity index is 2030. The van der Waals surface area contributed by atoms with E-state index in [1.165, 1.54) is 173 Å². The Morgan fingerprint density at radius 2 is 0.719 bits per heavy atom. The minimum absolute atomic E-state index is 0.239. The van der Waals surface area contributed by atoms with Gasteiger partial charge in [-0.2, -0.15) is 0 Å². The molecular weight excluding hydrogens is 1210 g/mol. The number of aliphatic hydroxyl groups is 8. The lowest BCUT2D eigenvalue weighted by Gasteiger charge is -2.46. The molecule has 2 heterocycles. The summed E-state index contributed by atoms with van der Waals surface area (Å²) in [6.07, 6.45) is 76.9. The summed E-state index contributed by atoms with van der Waals surface area (Å²) < 4.78 is 22.9. The third-order valence-electron chi connectivity index (χ3n) is 18.5. The molecule has 12 unspecified atom stereocenters. The summed E-state index contributed by atoms with van der Waals surface area (Å²) in [6.45, 7) is 2.76. The van der Waals surface area contributed by atoms with Gasteiger partial charge in [-0.05, 0) is 83.5 Å². The van der Waals surface area contributed by atoms with Gasteiger partial charge in [0.2, 0.25) is 5.91 Å². The zero-order valence-corrected chi connectivity index (χ0v) is 60.6. The van der Waals surface area contributed by atoms with Crippen LogP contribution in [0.3, 0.4) is 0 Å². The quantitative estimate of drug-likeness (QED) is 0.0204. The maximum atomic E-state index is 13.4. The number of hydrogen-bond donors (Lipinski definition) is 9. The van der Waals surface area contributed by atoms with Gasteiger partial charge in [-0.3, -0.25) is 4.79 Å². The third-order valence-corrected chi connectivity index (χ3v) is 18.5. The van der Waals surface area contributed by atoms with Gasteiger partial charge in [0.15, 0.2) is 12.6 Å². The molecule has 14 heteroatoms. The molecule has 2 fully saturated rings. The van der Waals surface area contributed by atoms with Crippen LogP contribution < -0.4 is 5.32 Å². The lowest BCUT2D eigenvalue weighted by molar-refractivity contribution is -0.359. The SMILES string of the molecule is CC/C=C\C/C=C\C/C=C\C/C=C\C/C=C\C/C=C\C/C=C\C/C=C\C/C=C\CCCCCC(=O)NC(COC1OC(CO)C(OC2OC(CO)C(O)C(O)C2O)C(O)C1O)C(O)CCCCCCCCCCCCCCCCCCCCCCCCCCCCCCCCC. The number of carbonyl (C=O) groups excluding carboxylic acids is 1. The van der Waals surface area contributed by atoms with Crippen LogP contribution in [0.4, 0.5) is 0 Å². The predicted molar refractivity (Wildman–Crippen MR) is 396 cm³/mol. The first-order chi connectivity index (χ1) is 47.1. The minimum Gasteiger partial charge on any atom is -0.394 e. The van der Waals surface area contributed by atoms with Crippen molar-refractivity contribution in [3.05, 3.63) is 109 Å². The average molecular weight is 1350 g/mol. The molecule has 0 radical (unpaired) electrons. The van der Waals surface area contributed by atoms with Crippen LogP contribution in [0.25, 0.3) is 0 Å². The summed E-state index contributed by atoms with van der Waals surface area (Å²) in [5, 5.41) is 87.8. The van der Waals surface area contributed by atoms with Crippen LogP contribution in [0.1, 0.15) is 309 Å². The van der Waals surface area contributed by atoms with Gasteiger partial charge in [-0.15, -0.1) is 0 Å². The Morgan fingerprint density at radius 1 is 0.385 bits per heavy atom. The van der Waals surface area contributed by atoms with E-state index < -0.39 is 86.8 Å². The van der Waals surface area contributed by atoms with E-state index in [2.05, 4.69) is 129 Å². The lowest BCUT2D eigenvalue weighted by atomic mass is 9.97. The normalized spacial score (nSPS) is 22.9. The van der Waals surface area contributed by atoms with E-state index in [4.69, 9.17) is 18.9 Å². The molecule has 14 nitrogen and oxygen atoms in total. The second kappa shape index (κ2) is 65.0. The lowest BCUT2D eigenvalue weighted by Crippen LogP contribution is -2.65. The van der Waals surface area contributed by atoms with E-state index in [-0.39, 0.29) is 18.9 Å². The zero-order valence-electron chi connectivity index (χ0n) is 60.6. The molecular formula is C82H143NO13. The fraction of sp³-hybridized carbons (Fsp3) is 0.768. The maximum Gasteiger partial charge on any atom is 0.220 e. The predicted octanol–water partition coefficient (Wildman–Crippen LogP) is 17.5. The highest BCUT2D eigenvalue weighted by Crippen LogP contribution is 2.30. The van der Waals surface area contributed by atoms with Gasteiger partial charge in [0, 0.05) is 6.42 Å². The molecule has 2 rings (SSSR count). The molecule has 0 aromatic rings. The standard InChI is InChI=1S/C82H143NO13/c1-3-5-7-9-11-13-15-17-19-21-23-25-27-29-31-33-35-37-39-41-43-45-47-49-51-53-55-57-59-61-63-65-71(86)70(69-93-81-79(92)77(90)80(73(68-85)95-81)96-82-78(91)76(89)75(88)72(67-84)94-82)83-74(87)66-64-62-60-58-56-54-52-50-48-46-44-42-40-38-36-34-32-30-28-26-24-22-20-18-16-14-12-10-8-6-4-2/h6,8,12,14,18,20,24,26,30,32,36,38,42,44,48,50,54,56,70-73,75-82,84-86,88-92H,3-5,7,9-11,13,15-17,19,21-23,25,27-29,31,33-35,37,39-41,43,45-47,49,51-53,55,57-69H2,1-2H3,(H,83,87)/b8-6-,14-12-,20-18-,26-24-,32-30-,38-36-,44-42-,50-48-,56-54-. The maximum absolute atomic E-state index is 13.4. The highest BCUT2D eigenvalue weighted by molar-refractivity contribution is 5.76. The van der Waals surface area contributed by atoms with Crippen molar-refractivity contribution in [2.24, 2.45) is 0 Å². The van der Waals surface area contributed by atoms with Crippen LogP contribution in [-0.4, -0.2) is 140 Å². The average Bonchev–Trinajstić information content (AvgIpc) is 0.797. The van der Waals surface area contributed by atoms with Crippen molar-refractivity contribution in [2.75, 3.05) is 19.8 Å². The number of rotatable bonds is 64. The largest absolute Gasteiger partial charge is 0.394 e. The van der Waals surface area contributed by atoms with E-state index in [0.29, 0.717) is 12.8 Å². The van der Waals surface area contributed by atoms with Crippen molar-refractivity contribution in [1.82, 2.24) is 5.32 Å². The van der Waals surface area contributed by atoms with Gasteiger partial charge in [0.1, 0.15) is 48.8 Å². The van der Waals surface area contributed by atoms with Crippen LogP contribution in [0.15, 0.2) is 109 Å². The Morgan fingerprint density at radius 3 is 1.09 bits per heavy atom. The summed E-state index contributed by atoms with van der Waals surface area (Å²) in [5.41, 5.74) is 0. The van der Waals surface area contributed by atoms with Crippen molar-refractivity contribution >= 4 is 5.91 Å². The fourth-order valence-electron chi connectivity index (χ4n) is 12.4. The summed E-state index contributed by atoms with van der Waals surface area (Å²) in [7, 11) is 0. The number of unbranched alkanes of at least 4 members (excludes halogenated alkanes) is 33. The van der Waals surface area contributed by atoms with Crippen LogP contribution in [0.5, 0.6) is 0 Å². The Kier molecular flexibility index (Phi) is 60.1. The second-order valence-electron chi connectivity index (χ2n) is 27.1. The summed E-state index contributed by atoms with van der Waals surface area (Å²) in [5.74, 6) is -0.239. The number of nitrogens with one attached hydrogen (secondary N) is 1. The van der Waals surface area contributed by atoms with Crippen molar-refractivity contribution in [3.63, 3.8) is 0 Å². The molecule has 0 saturated carbocycles. The molecule has 0 aliphatic carbocycles. The summed E-state index contributed by atoms with van der Waals surface area (Å²) in [4.78, 5) is 13.4. The van der Waals surface area contributed by atoms with Gasteiger partial charge in [-0.1, -0.05) is 329 Å². The number of amides is 1. The number of carbonyl (C=O) groups is 1. The molecule has 0 spiro atoms. The van der Waals surface area contributed by atoms with Gasteiger partial charge in [0.25, 0.3) is 0 Å². The Labute approximate surface area is 585 Å². The smallest absolute Gasteiger partial charge is 0.220 e. The first-order valence-corrected chi connectivity index (χ1v) is 39.1. The number of allylic oxidation sites excluding steroid dienone is 18. The van der Waals surface area contributed by atoms with E-state index >= 15 is 0 Å². The van der Waals surface area contributed by atoms with Gasteiger partial charge in [-0.25, -0.2) is 0 Å². The molecule has 2 saturated heterocycles. The number of aliphatic hydroxyl groups excluding tert-OH is 8. The van der Waals surface area contributed by atoms with E-state index in [0.717, 1.165) is 103 Å². The van der Waals surface area contributed by atoms with Crippen LogP contribution in [-0.2, 0) is 23.7 Å². The molecule has 2 aliphatic rings. The highest BCUT2D eigenvalue weighted by atomic mass is 16.7. The Hall–Kier alpha value is -3.35.